The van der Waals surface area contributed by atoms with Crippen LogP contribution in [0.3, 0.4) is 0 Å². The maximum Gasteiger partial charge on any atom is 0.421 e. The maximum atomic E-state index is 13.5. The van der Waals surface area contributed by atoms with Crippen LogP contribution in [0.4, 0.5) is 24.7 Å². The molecule has 0 bridgehead atoms. The van der Waals surface area contributed by atoms with Gasteiger partial charge in [0.25, 0.3) is 0 Å². The van der Waals surface area contributed by atoms with E-state index in [-0.39, 0.29) is 11.8 Å². The van der Waals surface area contributed by atoms with Crippen molar-refractivity contribution in [3.8, 4) is 6.01 Å². The predicted octanol–water partition coefficient (Wildman–Crippen LogP) is 5.95. The average molecular weight is 381 g/mol. The van der Waals surface area contributed by atoms with E-state index in [1.807, 2.05) is 18.2 Å². The summed E-state index contributed by atoms with van der Waals surface area (Å²) < 4.78 is 46.1. The molecule has 1 atom stereocenters. The van der Waals surface area contributed by atoms with E-state index in [1.54, 1.807) is 33.9 Å². The average Bonchev–Trinajstić information content (AvgIpc) is 2.58. The first-order valence-electron chi connectivity index (χ1n) is 8.89. The Morgan fingerprint density at radius 2 is 1.85 bits per heavy atom. The van der Waals surface area contributed by atoms with Crippen molar-refractivity contribution < 1.29 is 17.9 Å². The zero-order valence-electron chi connectivity index (χ0n) is 16.6. The van der Waals surface area contributed by atoms with Gasteiger partial charge in [-0.05, 0) is 50.8 Å². The van der Waals surface area contributed by atoms with Gasteiger partial charge in [-0.2, -0.15) is 18.2 Å². The number of aromatic nitrogens is 2. The summed E-state index contributed by atoms with van der Waals surface area (Å²) in [6, 6.07) is 7.38. The summed E-state index contributed by atoms with van der Waals surface area (Å²) in [5.41, 5.74) is 0.168. The largest absolute Gasteiger partial charge is 0.458 e. The number of nitrogens with zero attached hydrogens (tertiary/aromatic N) is 3. The molecular weight excluding hydrogens is 355 g/mol. The van der Waals surface area contributed by atoms with E-state index in [9.17, 15) is 13.2 Å². The summed E-state index contributed by atoms with van der Waals surface area (Å²) in [4.78, 5) is 9.24. The summed E-state index contributed by atoms with van der Waals surface area (Å²) in [6.45, 7) is 9.51. The van der Waals surface area contributed by atoms with Crippen molar-refractivity contribution in [2.24, 2.45) is 0 Å². The van der Waals surface area contributed by atoms with Gasteiger partial charge in [-0.15, -0.1) is 0 Å². The van der Waals surface area contributed by atoms with E-state index in [2.05, 4.69) is 23.8 Å². The van der Waals surface area contributed by atoms with Crippen molar-refractivity contribution >= 4 is 11.5 Å². The van der Waals surface area contributed by atoms with Gasteiger partial charge in [-0.25, -0.2) is 4.98 Å². The van der Waals surface area contributed by atoms with Crippen LogP contribution in [0, 0.1) is 0 Å². The number of halogens is 3. The van der Waals surface area contributed by atoms with Crippen molar-refractivity contribution in [1.82, 2.24) is 9.97 Å². The van der Waals surface area contributed by atoms with Gasteiger partial charge in [-0.1, -0.05) is 26.0 Å². The second-order valence-corrected chi connectivity index (χ2v) is 7.57. The molecule has 148 valence electrons. The number of ether oxygens (including phenoxy) is 1. The number of rotatable bonds is 5. The normalized spacial score (nSPS) is 13.4. The summed E-state index contributed by atoms with van der Waals surface area (Å²) in [5, 5.41) is 0. The Bertz CT molecular complexity index is 785. The van der Waals surface area contributed by atoms with E-state index in [0.29, 0.717) is 11.6 Å². The predicted molar refractivity (Wildman–Crippen MR) is 101 cm³/mol. The molecule has 27 heavy (non-hydrogen) atoms. The smallest absolute Gasteiger partial charge is 0.421 e. The van der Waals surface area contributed by atoms with Gasteiger partial charge >= 0.3 is 12.2 Å². The zero-order valence-corrected chi connectivity index (χ0v) is 16.6. The van der Waals surface area contributed by atoms with Gasteiger partial charge in [-0.3, -0.25) is 0 Å². The monoisotopic (exact) mass is 381 g/mol. The Morgan fingerprint density at radius 1 is 1.19 bits per heavy atom. The topological polar surface area (TPSA) is 38.2 Å². The van der Waals surface area contributed by atoms with E-state index in [4.69, 9.17) is 4.74 Å². The molecule has 1 unspecified atom stereocenters. The van der Waals surface area contributed by atoms with Crippen molar-refractivity contribution in [2.75, 3.05) is 11.9 Å². The molecule has 1 heterocycles. The molecule has 0 aliphatic rings. The minimum Gasteiger partial charge on any atom is -0.458 e. The standard InChI is InChI=1S/C20H26F3N3O/c1-7-13(2)14-9-8-10-15(11-14)26(6)17-16(20(21,22)23)12-24-18(25-17)27-19(3,4)5/h8-13H,7H2,1-6H3. The van der Waals surface area contributed by atoms with Crippen LogP contribution in [0.15, 0.2) is 30.5 Å². The number of alkyl halides is 3. The maximum absolute atomic E-state index is 13.5. The molecule has 0 spiro atoms. The van der Waals surface area contributed by atoms with E-state index >= 15 is 0 Å². The van der Waals surface area contributed by atoms with Gasteiger partial charge in [0, 0.05) is 18.9 Å². The Labute approximate surface area is 158 Å². The molecule has 1 aromatic heterocycles. The summed E-state index contributed by atoms with van der Waals surface area (Å²) >= 11 is 0. The Morgan fingerprint density at radius 3 is 2.41 bits per heavy atom. The summed E-state index contributed by atoms with van der Waals surface area (Å²) in [7, 11) is 1.56. The third kappa shape index (κ3) is 5.34. The van der Waals surface area contributed by atoms with Crippen LogP contribution >= 0.6 is 0 Å². The quantitative estimate of drug-likeness (QED) is 0.641. The lowest BCUT2D eigenvalue weighted by molar-refractivity contribution is -0.137. The fourth-order valence-corrected chi connectivity index (χ4v) is 2.53. The molecule has 0 amide bonds. The zero-order chi connectivity index (χ0) is 20.4. The molecule has 0 aliphatic carbocycles. The van der Waals surface area contributed by atoms with Crippen LogP contribution in [-0.2, 0) is 6.18 Å². The van der Waals surface area contributed by atoms with Crippen LogP contribution in [0.25, 0.3) is 0 Å². The molecule has 7 heteroatoms. The molecule has 0 saturated heterocycles. The van der Waals surface area contributed by atoms with Crippen molar-refractivity contribution in [1.29, 1.82) is 0 Å². The minimum atomic E-state index is -4.57. The summed E-state index contributed by atoms with van der Waals surface area (Å²) in [5.74, 6) is 0.0728. The van der Waals surface area contributed by atoms with Crippen LogP contribution < -0.4 is 9.64 Å². The van der Waals surface area contributed by atoms with Crippen LogP contribution in [0.2, 0.25) is 0 Å². The first kappa shape index (κ1) is 21.0. The molecule has 0 fully saturated rings. The van der Waals surface area contributed by atoms with Gasteiger partial charge in [0.1, 0.15) is 11.2 Å². The summed E-state index contributed by atoms with van der Waals surface area (Å²) in [6.07, 6.45) is -2.85. The van der Waals surface area contributed by atoms with E-state index in [1.165, 1.54) is 4.90 Å². The van der Waals surface area contributed by atoms with Gasteiger partial charge in [0.2, 0.25) is 0 Å². The highest BCUT2D eigenvalue weighted by molar-refractivity contribution is 5.63. The second kappa shape index (κ2) is 7.74. The molecule has 0 saturated carbocycles. The van der Waals surface area contributed by atoms with Crippen LogP contribution in [-0.4, -0.2) is 22.6 Å². The third-order valence-electron chi connectivity index (χ3n) is 4.21. The minimum absolute atomic E-state index is 0.0876. The Balaban J connectivity index is 2.52. The van der Waals surface area contributed by atoms with Gasteiger partial charge < -0.3 is 9.64 Å². The third-order valence-corrected chi connectivity index (χ3v) is 4.21. The fraction of sp³-hybridized carbons (Fsp3) is 0.500. The number of benzene rings is 1. The molecule has 2 rings (SSSR count). The highest BCUT2D eigenvalue weighted by Crippen LogP contribution is 2.38. The van der Waals surface area contributed by atoms with Crippen molar-refractivity contribution in [2.45, 2.75) is 58.7 Å². The molecule has 0 aliphatic heterocycles. The lowest BCUT2D eigenvalue weighted by Crippen LogP contribution is -2.26. The van der Waals surface area contributed by atoms with E-state index < -0.39 is 17.3 Å². The lowest BCUT2D eigenvalue weighted by atomic mass is 9.98. The Hall–Kier alpha value is -2.31. The molecule has 4 nitrogen and oxygen atoms in total. The SMILES string of the molecule is CCC(C)c1cccc(N(C)c2nc(OC(C)(C)C)ncc2C(F)(F)F)c1. The molecule has 0 radical (unpaired) electrons. The molecule has 0 N–H and O–H groups in total. The lowest BCUT2D eigenvalue weighted by Gasteiger charge is -2.25. The van der Waals surface area contributed by atoms with Gasteiger partial charge in [0.05, 0.1) is 0 Å². The number of hydrogen-bond donors (Lipinski definition) is 0. The number of hydrogen-bond acceptors (Lipinski definition) is 4. The molecular formula is C20H26F3N3O. The van der Waals surface area contributed by atoms with Crippen LogP contribution in [0.5, 0.6) is 6.01 Å². The first-order chi connectivity index (χ1) is 12.4. The van der Waals surface area contributed by atoms with Crippen LogP contribution in [0.1, 0.15) is 58.1 Å². The fourth-order valence-electron chi connectivity index (χ4n) is 2.53. The second-order valence-electron chi connectivity index (χ2n) is 7.57. The number of anilines is 2. The Kier molecular flexibility index (Phi) is 6.02. The highest BCUT2D eigenvalue weighted by Gasteiger charge is 2.37. The first-order valence-corrected chi connectivity index (χ1v) is 8.89. The molecule has 2 aromatic rings. The molecule has 1 aromatic carbocycles. The van der Waals surface area contributed by atoms with E-state index in [0.717, 1.165) is 18.2 Å². The van der Waals surface area contributed by atoms with Crippen molar-refractivity contribution in [3.05, 3.63) is 41.6 Å². The highest BCUT2D eigenvalue weighted by atomic mass is 19.4. The van der Waals surface area contributed by atoms with Crippen molar-refractivity contribution in [3.63, 3.8) is 0 Å². The van der Waals surface area contributed by atoms with Gasteiger partial charge in [0.15, 0.2) is 5.82 Å².